The third kappa shape index (κ3) is 3.89. The van der Waals surface area contributed by atoms with Crippen LogP contribution in [-0.4, -0.2) is 16.6 Å². The van der Waals surface area contributed by atoms with Crippen LogP contribution < -0.4 is 0 Å². The molecule has 0 spiro atoms. The quantitative estimate of drug-likeness (QED) is 0.481. The number of carbonyl (C=O) groups is 1. The first-order valence-electron chi connectivity index (χ1n) is 9.72. The molecule has 0 unspecified atom stereocenters. The molecule has 140 valence electrons. The van der Waals surface area contributed by atoms with Gasteiger partial charge in [-0.25, -0.2) is 0 Å². The second kappa shape index (κ2) is 8.22. The molecule has 0 saturated heterocycles. The smallest absolute Gasteiger partial charge is 0.168 e. The van der Waals surface area contributed by atoms with Gasteiger partial charge >= 0.3 is 0 Å². The lowest BCUT2D eigenvalue weighted by molar-refractivity contribution is -0.115. The normalized spacial score (nSPS) is 17.9. The molecule has 0 bridgehead atoms. The summed E-state index contributed by atoms with van der Waals surface area (Å²) >= 11 is 0. The minimum Gasteiger partial charge on any atom is -0.511 e. The number of benzene rings is 3. The van der Waals surface area contributed by atoms with Gasteiger partial charge in [0.25, 0.3) is 0 Å². The number of rotatable bonds is 4. The Bertz CT molecular complexity index is 1060. The number of allylic oxidation sites excluding steroid dienone is 2. The maximum atomic E-state index is 12.6. The average molecular weight is 369 g/mol. The summed E-state index contributed by atoms with van der Waals surface area (Å²) in [5.41, 5.74) is 3.28. The van der Waals surface area contributed by atoms with Crippen LogP contribution in [0, 0.1) is 0 Å². The molecule has 4 rings (SSSR count). The lowest BCUT2D eigenvalue weighted by atomic mass is 9.88. The largest absolute Gasteiger partial charge is 0.511 e. The van der Waals surface area contributed by atoms with Gasteiger partial charge in [-0.05, 0) is 34.7 Å². The van der Waals surface area contributed by atoms with Gasteiger partial charge in [-0.1, -0.05) is 72.8 Å². The molecule has 3 heteroatoms. The van der Waals surface area contributed by atoms with Crippen molar-refractivity contribution in [2.45, 2.75) is 32.2 Å². The molecule has 0 amide bonds. The van der Waals surface area contributed by atoms with Crippen LogP contribution in [0.2, 0.25) is 0 Å². The molecule has 0 aliphatic heterocycles. The highest BCUT2D eigenvalue weighted by molar-refractivity contribution is 6.24. The number of aliphatic hydroxyl groups excluding tert-OH is 1. The molecule has 3 aromatic carbocycles. The Labute approximate surface area is 165 Å². The fourth-order valence-corrected chi connectivity index (χ4v) is 3.80. The predicted molar refractivity (Wildman–Crippen MR) is 114 cm³/mol. The number of hydrogen-bond acceptors (Lipinski definition) is 3. The number of aliphatic imine (C=N–C) groups is 1. The third-order valence-corrected chi connectivity index (χ3v) is 5.21. The Morgan fingerprint density at radius 2 is 1.64 bits per heavy atom. The summed E-state index contributed by atoms with van der Waals surface area (Å²) in [4.78, 5) is 17.3. The van der Waals surface area contributed by atoms with Crippen molar-refractivity contribution in [3.63, 3.8) is 0 Å². The van der Waals surface area contributed by atoms with Gasteiger partial charge in [-0.2, -0.15) is 0 Å². The molecule has 3 aromatic rings. The van der Waals surface area contributed by atoms with Crippen molar-refractivity contribution >= 4 is 22.3 Å². The van der Waals surface area contributed by atoms with E-state index in [0.717, 1.165) is 40.5 Å². The maximum Gasteiger partial charge on any atom is 0.168 e. The Morgan fingerprint density at radius 1 is 0.893 bits per heavy atom. The van der Waals surface area contributed by atoms with Crippen LogP contribution in [0.25, 0.3) is 10.8 Å². The van der Waals surface area contributed by atoms with Crippen molar-refractivity contribution in [2.75, 3.05) is 0 Å². The fourth-order valence-electron chi connectivity index (χ4n) is 3.80. The fraction of sp³-hybridized carbons (Fsp3) is 0.200. The highest BCUT2D eigenvalue weighted by Gasteiger charge is 2.25. The molecular weight excluding hydrogens is 346 g/mol. The van der Waals surface area contributed by atoms with Crippen molar-refractivity contribution in [1.82, 2.24) is 0 Å². The minimum atomic E-state index is -0.00389. The Morgan fingerprint density at radius 3 is 2.50 bits per heavy atom. The Balaban J connectivity index is 1.67. The molecule has 28 heavy (non-hydrogen) atoms. The van der Waals surface area contributed by atoms with Gasteiger partial charge in [0.05, 0.1) is 12.1 Å². The van der Waals surface area contributed by atoms with Crippen LogP contribution in [-0.2, 0) is 17.8 Å². The molecule has 0 heterocycles. The van der Waals surface area contributed by atoms with Crippen LogP contribution in [0.15, 0.2) is 89.1 Å². The summed E-state index contributed by atoms with van der Waals surface area (Å²) in [6, 6.07) is 24.1. The first-order chi connectivity index (χ1) is 13.7. The van der Waals surface area contributed by atoms with Crippen LogP contribution >= 0.6 is 0 Å². The number of carbonyl (C=O) groups excluding carboxylic acids is 1. The first kappa shape index (κ1) is 18.2. The van der Waals surface area contributed by atoms with E-state index < -0.39 is 0 Å². The van der Waals surface area contributed by atoms with Crippen molar-refractivity contribution in [1.29, 1.82) is 0 Å². The van der Waals surface area contributed by atoms with Crippen LogP contribution in [0.1, 0.15) is 30.4 Å². The van der Waals surface area contributed by atoms with Gasteiger partial charge in [-0.3, -0.25) is 9.79 Å². The van der Waals surface area contributed by atoms with Crippen molar-refractivity contribution in [3.8, 4) is 0 Å². The second-order valence-corrected chi connectivity index (χ2v) is 7.16. The number of Topliss-reactive ketones (excluding diaryl/α,β-unsaturated/α-hetero) is 1. The van der Waals surface area contributed by atoms with E-state index in [1.165, 1.54) is 0 Å². The van der Waals surface area contributed by atoms with Gasteiger partial charge in [0.1, 0.15) is 5.76 Å². The number of ketones is 1. The summed E-state index contributed by atoms with van der Waals surface area (Å²) in [5, 5.41) is 13.1. The molecular formula is C25H23NO2. The second-order valence-electron chi connectivity index (χ2n) is 7.16. The van der Waals surface area contributed by atoms with Gasteiger partial charge < -0.3 is 5.11 Å². The molecule has 0 radical (unpaired) electrons. The minimum absolute atomic E-state index is 0.00389. The zero-order valence-electron chi connectivity index (χ0n) is 15.8. The standard InChI is InChI=1S/C25H23NO2/c27-23-15-7-14-22(26-17-18-8-2-1-3-9-18)25(23)24(28)16-20-12-6-11-19-10-4-5-13-21(19)20/h1-6,8-13,28H,7,14-17H2/b25-24+,26-22?. The van der Waals surface area contributed by atoms with Crippen LogP contribution in [0.3, 0.4) is 0 Å². The van der Waals surface area contributed by atoms with E-state index in [1.54, 1.807) is 0 Å². The van der Waals surface area contributed by atoms with E-state index in [0.29, 0.717) is 25.0 Å². The highest BCUT2D eigenvalue weighted by atomic mass is 16.3. The average Bonchev–Trinajstić information content (AvgIpc) is 2.73. The zero-order chi connectivity index (χ0) is 19.3. The number of nitrogens with zero attached hydrogens (tertiary/aromatic N) is 1. The van der Waals surface area contributed by atoms with E-state index in [9.17, 15) is 9.90 Å². The summed E-state index contributed by atoms with van der Waals surface area (Å²) in [7, 11) is 0. The van der Waals surface area contributed by atoms with Gasteiger partial charge in [-0.15, -0.1) is 0 Å². The van der Waals surface area contributed by atoms with Gasteiger partial charge in [0.15, 0.2) is 5.78 Å². The van der Waals surface area contributed by atoms with Crippen LogP contribution in [0.4, 0.5) is 0 Å². The van der Waals surface area contributed by atoms with E-state index >= 15 is 0 Å². The van der Waals surface area contributed by atoms with E-state index in [-0.39, 0.29) is 11.5 Å². The third-order valence-electron chi connectivity index (χ3n) is 5.21. The molecule has 1 aliphatic carbocycles. The van der Waals surface area contributed by atoms with Gasteiger partial charge in [0.2, 0.25) is 0 Å². The Hall–Kier alpha value is -3.20. The summed E-state index contributed by atoms with van der Waals surface area (Å²) in [6.07, 6.45) is 2.33. The lowest BCUT2D eigenvalue weighted by Gasteiger charge is -2.18. The molecule has 3 nitrogen and oxygen atoms in total. The number of hydrogen-bond donors (Lipinski definition) is 1. The van der Waals surface area contributed by atoms with Gasteiger partial charge in [0, 0.05) is 18.6 Å². The van der Waals surface area contributed by atoms with Crippen molar-refractivity contribution in [2.24, 2.45) is 4.99 Å². The summed E-state index contributed by atoms with van der Waals surface area (Å²) in [6.45, 7) is 0.522. The zero-order valence-corrected chi connectivity index (χ0v) is 15.8. The lowest BCUT2D eigenvalue weighted by Crippen LogP contribution is -2.22. The SMILES string of the molecule is O=C1CCCC(=NCc2ccccc2)/C1=C(\O)Cc1cccc2ccccc12. The van der Waals surface area contributed by atoms with E-state index in [4.69, 9.17) is 0 Å². The molecule has 1 aliphatic rings. The Kier molecular flexibility index (Phi) is 5.34. The first-order valence-corrected chi connectivity index (χ1v) is 9.72. The van der Waals surface area contributed by atoms with E-state index in [1.807, 2.05) is 54.6 Å². The van der Waals surface area contributed by atoms with Crippen LogP contribution in [0.5, 0.6) is 0 Å². The molecule has 1 saturated carbocycles. The summed E-state index contributed by atoms with van der Waals surface area (Å²) < 4.78 is 0. The molecule has 1 fully saturated rings. The maximum absolute atomic E-state index is 12.6. The van der Waals surface area contributed by atoms with Crippen molar-refractivity contribution in [3.05, 3.63) is 95.3 Å². The number of fused-ring (bicyclic) bond motifs is 1. The molecule has 0 aromatic heterocycles. The topological polar surface area (TPSA) is 49.7 Å². The van der Waals surface area contributed by atoms with Crippen molar-refractivity contribution < 1.29 is 9.90 Å². The predicted octanol–water partition coefficient (Wildman–Crippen LogP) is 5.59. The monoisotopic (exact) mass is 369 g/mol. The number of aliphatic hydroxyl groups is 1. The molecule has 1 N–H and O–H groups in total. The summed E-state index contributed by atoms with van der Waals surface area (Å²) in [5.74, 6) is 0.128. The molecule has 0 atom stereocenters. The highest BCUT2D eigenvalue weighted by Crippen LogP contribution is 2.26. The van der Waals surface area contributed by atoms with E-state index in [2.05, 4.69) is 23.2 Å².